The number of nitrogens with zero attached hydrogens (tertiary/aromatic N) is 1. The summed E-state index contributed by atoms with van der Waals surface area (Å²) in [5, 5.41) is 0. The molecule has 1 heterocycles. The molecule has 0 amide bonds. The first-order valence-electron chi connectivity index (χ1n) is 8.53. The fourth-order valence-electron chi connectivity index (χ4n) is 2.79. The van der Waals surface area contributed by atoms with Crippen molar-refractivity contribution >= 4 is 0 Å². The van der Waals surface area contributed by atoms with Crippen molar-refractivity contribution in [1.29, 1.82) is 0 Å². The van der Waals surface area contributed by atoms with Crippen LogP contribution in [0.2, 0.25) is 0 Å². The van der Waals surface area contributed by atoms with Gasteiger partial charge in [-0.1, -0.05) is 39.7 Å². The van der Waals surface area contributed by atoms with Crippen molar-refractivity contribution in [2.24, 2.45) is 0 Å². The summed E-state index contributed by atoms with van der Waals surface area (Å²) in [5.41, 5.74) is -2.60. The number of hydrogen-bond donors (Lipinski definition) is 0. The fraction of sp³-hybridized carbons (Fsp3) is 0.450. The van der Waals surface area contributed by atoms with E-state index >= 15 is 0 Å². The number of hydrogen-bond acceptors (Lipinski definition) is 1. The zero-order chi connectivity index (χ0) is 20.5. The van der Waals surface area contributed by atoms with Gasteiger partial charge in [0.1, 0.15) is 0 Å². The van der Waals surface area contributed by atoms with E-state index in [1.807, 2.05) is 26.8 Å². The smallest absolute Gasteiger partial charge is 0.305 e. The molecule has 0 atom stereocenters. The van der Waals surface area contributed by atoms with Crippen LogP contribution in [-0.4, -0.2) is 4.98 Å². The van der Waals surface area contributed by atoms with Crippen molar-refractivity contribution in [2.45, 2.75) is 57.8 Å². The molecule has 0 aliphatic carbocycles. The van der Waals surface area contributed by atoms with Crippen molar-refractivity contribution in [3.05, 3.63) is 53.2 Å². The minimum absolute atomic E-state index is 0. The van der Waals surface area contributed by atoms with E-state index in [0.717, 1.165) is 24.8 Å². The summed E-state index contributed by atoms with van der Waals surface area (Å²) >= 11 is 0. The predicted molar refractivity (Wildman–Crippen MR) is 91.1 cm³/mol. The molecule has 0 saturated carbocycles. The van der Waals surface area contributed by atoms with Crippen molar-refractivity contribution in [1.82, 2.24) is 4.98 Å². The molecule has 0 bridgehead atoms. The van der Waals surface area contributed by atoms with E-state index in [-0.39, 0.29) is 42.8 Å². The minimum Gasteiger partial charge on any atom is -0.305 e. The largest absolute Gasteiger partial charge is 0.399 e. The first-order valence-corrected chi connectivity index (χ1v) is 8.53. The number of benzene rings is 1. The number of alkyl halides is 6. The molecule has 0 spiro atoms. The van der Waals surface area contributed by atoms with E-state index in [2.05, 4.69) is 4.98 Å². The molecule has 1 nitrogen and oxygen atoms in total. The Kier molecular flexibility index (Phi) is 7.88. The number of halogens is 6. The summed E-state index contributed by atoms with van der Waals surface area (Å²) in [4.78, 5) is 3.98. The van der Waals surface area contributed by atoms with E-state index in [9.17, 15) is 26.3 Å². The number of aromatic nitrogens is 1. The van der Waals surface area contributed by atoms with Crippen LogP contribution in [0, 0.1) is 6.07 Å². The molecule has 0 N–H and O–H groups in total. The van der Waals surface area contributed by atoms with E-state index < -0.39 is 23.5 Å². The normalized spacial score (nSPS) is 12.6. The van der Waals surface area contributed by atoms with Crippen molar-refractivity contribution in [3.63, 3.8) is 0 Å². The van der Waals surface area contributed by atoms with Gasteiger partial charge in [0.2, 0.25) is 0 Å². The molecule has 28 heavy (non-hydrogen) atoms. The third kappa shape index (κ3) is 6.05. The molecule has 1 radical (unpaired) electrons. The Morgan fingerprint density at radius 1 is 0.929 bits per heavy atom. The van der Waals surface area contributed by atoms with Gasteiger partial charge in [-0.15, -0.1) is 23.8 Å². The predicted octanol–water partition coefficient (Wildman–Crippen LogP) is 7.05. The molecular formula is C20H20F6IrN-. The van der Waals surface area contributed by atoms with Crippen LogP contribution in [0.15, 0.2) is 30.5 Å². The van der Waals surface area contributed by atoms with Crippen LogP contribution < -0.4 is 0 Å². The van der Waals surface area contributed by atoms with Crippen molar-refractivity contribution in [3.8, 4) is 11.3 Å². The molecule has 0 saturated heterocycles. The van der Waals surface area contributed by atoms with Gasteiger partial charge < -0.3 is 4.98 Å². The Labute approximate surface area is 173 Å². The van der Waals surface area contributed by atoms with Crippen LogP contribution >= 0.6 is 0 Å². The van der Waals surface area contributed by atoms with E-state index in [4.69, 9.17) is 0 Å². The summed E-state index contributed by atoms with van der Waals surface area (Å²) in [6.45, 7) is 6.02. The number of unbranched alkanes of at least 4 members (excludes halogenated alkanes) is 1. The number of rotatable bonds is 5. The van der Waals surface area contributed by atoms with Gasteiger partial charge in [0.05, 0.1) is 0 Å². The topological polar surface area (TPSA) is 12.9 Å². The molecular weight excluding hydrogens is 560 g/mol. The molecule has 2 aromatic rings. The first-order chi connectivity index (χ1) is 12.3. The van der Waals surface area contributed by atoms with Gasteiger partial charge in [0, 0.05) is 26.3 Å². The van der Waals surface area contributed by atoms with E-state index in [1.165, 1.54) is 6.20 Å². The van der Waals surface area contributed by atoms with Crippen LogP contribution in [0.25, 0.3) is 11.3 Å². The van der Waals surface area contributed by atoms with Crippen molar-refractivity contribution in [2.75, 3.05) is 0 Å². The van der Waals surface area contributed by atoms with Crippen LogP contribution in [0.4, 0.5) is 26.3 Å². The summed E-state index contributed by atoms with van der Waals surface area (Å²) in [6.07, 6.45) is -5.65. The molecule has 1 aromatic carbocycles. The molecule has 0 aliphatic heterocycles. The zero-order valence-corrected chi connectivity index (χ0v) is 18.0. The molecule has 0 unspecified atom stereocenters. The van der Waals surface area contributed by atoms with Gasteiger partial charge in [0.15, 0.2) is 0 Å². The average Bonchev–Trinajstić information content (AvgIpc) is 2.58. The zero-order valence-electron chi connectivity index (χ0n) is 15.6. The van der Waals surface area contributed by atoms with Gasteiger partial charge in [-0.05, 0) is 40.3 Å². The summed E-state index contributed by atoms with van der Waals surface area (Å²) in [5.74, 6) is 0. The van der Waals surface area contributed by atoms with Crippen LogP contribution in [0.1, 0.15) is 56.7 Å². The molecule has 2 rings (SSSR count). The maximum absolute atomic E-state index is 13.1. The second-order valence-electron chi connectivity index (χ2n) is 7.11. The molecule has 8 heteroatoms. The minimum atomic E-state index is -4.94. The first kappa shape index (κ1) is 24.6. The molecule has 157 valence electrons. The maximum atomic E-state index is 13.1. The number of pyridine rings is 1. The summed E-state index contributed by atoms with van der Waals surface area (Å²) in [7, 11) is 0. The molecule has 1 aromatic heterocycles. The standard InChI is InChI=1S/C20H20F6N.Ir/c1-4-5-7-18(2,3)14-6-8-27-17(12-14)13-9-15(19(21,22)23)11-16(10-13)20(24,25)26;/h6,8-9,11-12H,4-5,7H2,1-3H3;/q-1;. The van der Waals surface area contributed by atoms with Gasteiger partial charge in [0.25, 0.3) is 0 Å². The third-order valence-corrected chi connectivity index (χ3v) is 4.47. The summed E-state index contributed by atoms with van der Waals surface area (Å²) < 4.78 is 78.3. The van der Waals surface area contributed by atoms with Crippen LogP contribution in [0.3, 0.4) is 0 Å². The third-order valence-electron chi connectivity index (χ3n) is 4.47. The van der Waals surface area contributed by atoms with Gasteiger partial charge in [-0.3, -0.25) is 0 Å². The molecule has 0 fully saturated rings. The monoisotopic (exact) mass is 581 g/mol. The average molecular weight is 581 g/mol. The van der Waals surface area contributed by atoms with Gasteiger partial charge in [-0.2, -0.15) is 26.3 Å². The van der Waals surface area contributed by atoms with Crippen LogP contribution in [0.5, 0.6) is 0 Å². The second kappa shape index (κ2) is 8.95. The Hall–Kier alpha value is -1.40. The second-order valence-corrected chi connectivity index (χ2v) is 7.11. The Bertz CT molecular complexity index is 764. The van der Waals surface area contributed by atoms with Crippen molar-refractivity contribution < 1.29 is 46.4 Å². The Balaban J connectivity index is 0.00000392. The van der Waals surface area contributed by atoms with Gasteiger partial charge in [-0.25, -0.2) is 0 Å². The summed E-state index contributed by atoms with van der Waals surface area (Å²) in [6, 6.07) is 6.05. The Morgan fingerprint density at radius 2 is 1.57 bits per heavy atom. The van der Waals surface area contributed by atoms with E-state index in [0.29, 0.717) is 6.07 Å². The van der Waals surface area contributed by atoms with E-state index in [1.54, 1.807) is 12.1 Å². The quantitative estimate of drug-likeness (QED) is 0.273. The Morgan fingerprint density at radius 3 is 2.11 bits per heavy atom. The fourth-order valence-corrected chi connectivity index (χ4v) is 2.79. The SMILES string of the molecule is CCCCC(C)(C)c1ccnc(-c2[c-]c(C(F)(F)F)cc(C(F)(F)F)c2)c1.[Ir]. The maximum Gasteiger partial charge on any atom is 0.399 e. The molecule has 0 aliphatic rings. The van der Waals surface area contributed by atoms with Crippen LogP contribution in [-0.2, 0) is 37.9 Å². The van der Waals surface area contributed by atoms with Gasteiger partial charge >= 0.3 is 12.4 Å².